The summed E-state index contributed by atoms with van der Waals surface area (Å²) >= 11 is 0. The molecular formula is C27H17N2OP. The largest absolute Gasteiger partial charge is 0.289 e. The van der Waals surface area contributed by atoms with Crippen molar-refractivity contribution in [1.82, 2.24) is 4.98 Å². The van der Waals surface area contributed by atoms with E-state index in [4.69, 9.17) is 4.98 Å². The second kappa shape index (κ2) is 5.94. The van der Waals surface area contributed by atoms with Gasteiger partial charge in [0.05, 0.1) is 5.69 Å². The number of pyridine rings is 1. The van der Waals surface area contributed by atoms with E-state index in [1.807, 2.05) is 53.2 Å². The Hall–Kier alpha value is -3.68. The lowest BCUT2D eigenvalue weighted by molar-refractivity contribution is 0.586. The Morgan fingerprint density at radius 2 is 1.19 bits per heavy atom. The fourth-order valence-electron chi connectivity index (χ4n) is 5.07. The van der Waals surface area contributed by atoms with E-state index < -0.39 is 7.29 Å². The van der Waals surface area contributed by atoms with Gasteiger partial charge >= 0.3 is 0 Å². The highest BCUT2D eigenvalue weighted by Crippen LogP contribution is 2.65. The summed E-state index contributed by atoms with van der Waals surface area (Å²) in [4.78, 5) is 4.75. The van der Waals surface area contributed by atoms with Gasteiger partial charge in [-0.15, -0.1) is 0 Å². The molecule has 1 unspecified atom stereocenters. The van der Waals surface area contributed by atoms with E-state index >= 15 is 4.57 Å². The van der Waals surface area contributed by atoms with E-state index in [-0.39, 0.29) is 0 Å². The van der Waals surface area contributed by atoms with Crippen LogP contribution in [0.15, 0.2) is 103 Å². The van der Waals surface area contributed by atoms with Crippen molar-refractivity contribution in [2.24, 2.45) is 0 Å². The Labute approximate surface area is 180 Å². The Morgan fingerprint density at radius 1 is 0.613 bits per heavy atom. The predicted octanol–water partition coefficient (Wildman–Crippen LogP) is 6.26. The summed E-state index contributed by atoms with van der Waals surface area (Å²) in [6.07, 6.45) is 1.79. The smallest absolute Gasteiger partial charge is 0.236 e. The summed E-state index contributed by atoms with van der Waals surface area (Å²) in [6, 6.07) is 32.9. The first-order valence-corrected chi connectivity index (χ1v) is 12.0. The van der Waals surface area contributed by atoms with Crippen LogP contribution >= 0.6 is 7.29 Å². The van der Waals surface area contributed by atoms with Gasteiger partial charge in [0.25, 0.3) is 0 Å². The molecule has 3 nitrogen and oxygen atoms in total. The molecule has 0 saturated carbocycles. The molecule has 0 N–H and O–H groups in total. The molecule has 0 radical (unpaired) electrons. The Kier molecular flexibility index (Phi) is 3.26. The molecule has 0 amide bonds. The van der Waals surface area contributed by atoms with Gasteiger partial charge in [-0.25, -0.2) is 4.98 Å². The van der Waals surface area contributed by atoms with Crippen LogP contribution in [-0.4, -0.2) is 4.98 Å². The minimum Gasteiger partial charge on any atom is -0.289 e. The summed E-state index contributed by atoms with van der Waals surface area (Å²) < 4.78 is 17.2. The summed E-state index contributed by atoms with van der Waals surface area (Å²) in [6.45, 7) is 0. The molecule has 2 aliphatic rings. The highest BCUT2D eigenvalue weighted by atomic mass is 31.2. The predicted molar refractivity (Wildman–Crippen MR) is 128 cm³/mol. The van der Waals surface area contributed by atoms with Crippen molar-refractivity contribution < 1.29 is 4.57 Å². The van der Waals surface area contributed by atoms with Crippen molar-refractivity contribution in [2.45, 2.75) is 0 Å². The van der Waals surface area contributed by atoms with E-state index in [2.05, 4.69) is 48.5 Å². The van der Waals surface area contributed by atoms with Crippen LogP contribution in [0, 0.1) is 0 Å². The topological polar surface area (TPSA) is 33.2 Å². The molecule has 5 aromatic rings. The SMILES string of the molecule is O=P12c3ccccc3-c3cc4ccccc4cc3N1c1ncccc1-c1ccccc12. The second-order valence-electron chi connectivity index (χ2n) is 8.01. The van der Waals surface area contributed by atoms with Crippen molar-refractivity contribution in [3.8, 4) is 22.3 Å². The summed E-state index contributed by atoms with van der Waals surface area (Å²) in [5.41, 5.74) is 5.11. The monoisotopic (exact) mass is 416 g/mol. The van der Waals surface area contributed by atoms with Crippen molar-refractivity contribution in [2.75, 3.05) is 4.67 Å². The van der Waals surface area contributed by atoms with Crippen molar-refractivity contribution >= 4 is 40.2 Å². The number of rotatable bonds is 0. The third-order valence-corrected chi connectivity index (χ3v) is 9.46. The lowest BCUT2D eigenvalue weighted by atomic mass is 9.98. The molecule has 4 aromatic carbocycles. The molecule has 2 aliphatic heterocycles. The summed E-state index contributed by atoms with van der Waals surface area (Å²) in [5.74, 6) is 0.760. The lowest BCUT2D eigenvalue weighted by Gasteiger charge is -2.43. The highest BCUT2D eigenvalue weighted by Gasteiger charge is 2.48. The number of fused-ring (bicyclic) bond motifs is 12. The zero-order valence-corrected chi connectivity index (χ0v) is 17.5. The third-order valence-electron chi connectivity index (χ3n) is 6.40. The van der Waals surface area contributed by atoms with Gasteiger partial charge in [-0.2, -0.15) is 0 Å². The van der Waals surface area contributed by atoms with Crippen LogP contribution in [0.25, 0.3) is 33.0 Å². The van der Waals surface area contributed by atoms with Gasteiger partial charge in [-0.05, 0) is 58.3 Å². The Bertz CT molecular complexity index is 1590. The molecule has 0 saturated heterocycles. The number of nitrogens with zero attached hydrogens (tertiary/aromatic N) is 2. The molecular weight excluding hydrogens is 399 g/mol. The van der Waals surface area contributed by atoms with Crippen molar-refractivity contribution in [3.63, 3.8) is 0 Å². The fourth-order valence-corrected chi connectivity index (χ4v) is 8.28. The van der Waals surface area contributed by atoms with Gasteiger partial charge in [-0.1, -0.05) is 60.7 Å². The molecule has 3 heterocycles. The van der Waals surface area contributed by atoms with Gasteiger partial charge < -0.3 is 0 Å². The first-order valence-electron chi connectivity index (χ1n) is 10.4. The van der Waals surface area contributed by atoms with Crippen LogP contribution in [0.5, 0.6) is 0 Å². The molecule has 7 rings (SSSR count). The number of aromatic nitrogens is 1. The van der Waals surface area contributed by atoms with Gasteiger partial charge in [-0.3, -0.25) is 9.24 Å². The van der Waals surface area contributed by atoms with Gasteiger partial charge in [0, 0.05) is 27.9 Å². The Balaban J connectivity index is 1.70. The van der Waals surface area contributed by atoms with E-state index in [1.54, 1.807) is 6.20 Å². The quantitative estimate of drug-likeness (QED) is 0.279. The molecule has 0 aliphatic carbocycles. The van der Waals surface area contributed by atoms with E-state index in [0.29, 0.717) is 0 Å². The Morgan fingerprint density at radius 3 is 1.94 bits per heavy atom. The van der Waals surface area contributed by atoms with Crippen LogP contribution in [0.3, 0.4) is 0 Å². The average molecular weight is 416 g/mol. The number of benzene rings is 4. The number of hydrogen-bond donors (Lipinski definition) is 0. The highest BCUT2D eigenvalue weighted by molar-refractivity contribution is 7.81. The molecule has 1 aromatic heterocycles. The zero-order valence-electron chi connectivity index (χ0n) is 16.6. The number of hydrogen-bond acceptors (Lipinski definition) is 2. The van der Waals surface area contributed by atoms with Crippen molar-refractivity contribution in [3.05, 3.63) is 103 Å². The molecule has 31 heavy (non-hydrogen) atoms. The first kappa shape index (κ1) is 17.0. The van der Waals surface area contributed by atoms with Crippen LogP contribution in [0.1, 0.15) is 0 Å². The average Bonchev–Trinajstić information content (AvgIpc) is 2.83. The maximum absolute atomic E-state index is 15.2. The van der Waals surface area contributed by atoms with Crippen molar-refractivity contribution in [1.29, 1.82) is 0 Å². The van der Waals surface area contributed by atoms with Gasteiger partial charge in [0.15, 0.2) is 0 Å². The standard InChI is InChI=1S/C27H17N2OP/c30-31-25-13-5-3-10-20(25)22-12-7-15-28-27(22)29(31)24-17-19-9-2-1-8-18(19)16-23(24)21-11-4-6-14-26(21)31/h1-17H. The minimum atomic E-state index is -3.17. The fraction of sp³-hybridized carbons (Fsp3) is 0. The van der Waals surface area contributed by atoms with E-state index in [9.17, 15) is 0 Å². The first-order chi connectivity index (χ1) is 15.3. The maximum Gasteiger partial charge on any atom is 0.236 e. The third kappa shape index (κ3) is 2.09. The van der Waals surface area contributed by atoms with Gasteiger partial charge in [0.2, 0.25) is 7.29 Å². The molecule has 4 heteroatoms. The second-order valence-corrected chi connectivity index (χ2v) is 10.5. The van der Waals surface area contributed by atoms with Crippen LogP contribution in [0.4, 0.5) is 11.5 Å². The summed E-state index contributed by atoms with van der Waals surface area (Å²) in [5, 5.41) is 4.05. The molecule has 0 bridgehead atoms. The zero-order chi connectivity index (χ0) is 20.6. The molecule has 146 valence electrons. The van der Waals surface area contributed by atoms with Gasteiger partial charge in [0.1, 0.15) is 5.82 Å². The summed E-state index contributed by atoms with van der Waals surface area (Å²) in [7, 11) is -3.17. The molecule has 1 atom stereocenters. The lowest BCUT2D eigenvalue weighted by Crippen LogP contribution is -2.37. The minimum absolute atomic E-state index is 0.760. The van der Waals surface area contributed by atoms with E-state index in [1.165, 1.54) is 5.39 Å². The maximum atomic E-state index is 15.2. The van der Waals surface area contributed by atoms with Crippen LogP contribution in [-0.2, 0) is 4.57 Å². The van der Waals surface area contributed by atoms with Crippen LogP contribution < -0.4 is 15.3 Å². The van der Waals surface area contributed by atoms with E-state index in [0.717, 1.165) is 49.8 Å². The normalized spacial score (nSPS) is 17.9. The number of anilines is 2. The molecule has 0 fully saturated rings. The molecule has 0 spiro atoms. The van der Waals surface area contributed by atoms with Crippen LogP contribution in [0.2, 0.25) is 0 Å².